The van der Waals surface area contributed by atoms with Gasteiger partial charge in [-0.1, -0.05) is 6.07 Å². The van der Waals surface area contributed by atoms with Gasteiger partial charge in [-0.15, -0.1) is 0 Å². The Hall–Kier alpha value is -1.57. The van der Waals surface area contributed by atoms with E-state index in [2.05, 4.69) is 6.07 Å². The van der Waals surface area contributed by atoms with Gasteiger partial charge in [0.05, 0.1) is 25.9 Å². The zero-order valence-corrected chi connectivity index (χ0v) is 8.69. The summed E-state index contributed by atoms with van der Waals surface area (Å²) < 4.78 is 10.3. The smallest absolute Gasteiger partial charge is 0.136 e. The Morgan fingerprint density at radius 2 is 2.27 bits per heavy atom. The zero-order valence-electron chi connectivity index (χ0n) is 8.69. The second kappa shape index (κ2) is 6.02. The molecule has 0 aromatic heterocycles. The number of benzene rings is 1. The van der Waals surface area contributed by atoms with E-state index in [9.17, 15) is 0 Å². The van der Waals surface area contributed by atoms with Crippen LogP contribution in [0, 0.1) is 11.3 Å². The van der Waals surface area contributed by atoms with Gasteiger partial charge < -0.3 is 15.2 Å². The van der Waals surface area contributed by atoms with E-state index in [1.54, 1.807) is 19.2 Å². The highest BCUT2D eigenvalue weighted by Gasteiger charge is 2.03. The first-order valence-corrected chi connectivity index (χ1v) is 4.66. The van der Waals surface area contributed by atoms with Gasteiger partial charge in [-0.3, -0.25) is 0 Å². The van der Waals surface area contributed by atoms with Crippen LogP contribution in [0.2, 0.25) is 0 Å². The minimum absolute atomic E-state index is 0.468. The predicted octanol–water partition coefficient (Wildman–Crippen LogP) is 1.04. The molecule has 1 rings (SSSR count). The molecule has 4 heteroatoms. The molecule has 0 atom stereocenters. The van der Waals surface area contributed by atoms with E-state index in [0.29, 0.717) is 31.1 Å². The summed E-state index contributed by atoms with van der Waals surface area (Å²) in [7, 11) is 1.54. The highest BCUT2D eigenvalue weighted by Crippen LogP contribution is 2.19. The maximum Gasteiger partial charge on any atom is 0.136 e. The van der Waals surface area contributed by atoms with Crippen LogP contribution < -0.4 is 10.5 Å². The molecule has 0 fully saturated rings. The molecule has 0 heterocycles. The lowest BCUT2D eigenvalue weighted by Crippen LogP contribution is -2.08. The van der Waals surface area contributed by atoms with Crippen molar-refractivity contribution in [2.75, 3.05) is 20.3 Å². The first kappa shape index (κ1) is 11.5. The van der Waals surface area contributed by atoms with Crippen LogP contribution in [0.25, 0.3) is 0 Å². The van der Waals surface area contributed by atoms with Crippen LogP contribution in [-0.2, 0) is 11.3 Å². The van der Waals surface area contributed by atoms with Crippen molar-refractivity contribution < 1.29 is 9.47 Å². The second-order valence-electron chi connectivity index (χ2n) is 2.99. The van der Waals surface area contributed by atoms with Crippen LogP contribution in [0.4, 0.5) is 0 Å². The lowest BCUT2D eigenvalue weighted by molar-refractivity contribution is 0.128. The molecule has 15 heavy (non-hydrogen) atoms. The van der Waals surface area contributed by atoms with Gasteiger partial charge >= 0.3 is 0 Å². The Morgan fingerprint density at radius 1 is 1.47 bits per heavy atom. The van der Waals surface area contributed by atoms with Crippen molar-refractivity contribution in [3.63, 3.8) is 0 Å². The van der Waals surface area contributed by atoms with E-state index < -0.39 is 0 Å². The summed E-state index contributed by atoms with van der Waals surface area (Å²) in [6.07, 6.45) is 0. The maximum atomic E-state index is 8.85. The summed E-state index contributed by atoms with van der Waals surface area (Å²) >= 11 is 0. The molecule has 0 aliphatic rings. The van der Waals surface area contributed by atoms with Crippen molar-refractivity contribution in [3.8, 4) is 11.8 Å². The molecule has 0 aliphatic heterocycles. The van der Waals surface area contributed by atoms with Crippen LogP contribution >= 0.6 is 0 Å². The zero-order chi connectivity index (χ0) is 11.1. The van der Waals surface area contributed by atoms with Gasteiger partial charge in [0.1, 0.15) is 11.8 Å². The van der Waals surface area contributed by atoms with Crippen molar-refractivity contribution in [1.29, 1.82) is 5.26 Å². The van der Waals surface area contributed by atoms with Crippen molar-refractivity contribution >= 4 is 0 Å². The largest absolute Gasteiger partial charge is 0.495 e. The van der Waals surface area contributed by atoms with Crippen molar-refractivity contribution in [3.05, 3.63) is 29.3 Å². The SMILES string of the molecule is COc1ccc(COCCN)cc1C#N. The predicted molar refractivity (Wildman–Crippen MR) is 56.4 cm³/mol. The number of nitrogens with two attached hydrogens (primary N) is 1. The van der Waals surface area contributed by atoms with Gasteiger partial charge in [-0.2, -0.15) is 5.26 Å². The van der Waals surface area contributed by atoms with Gasteiger partial charge in [0.2, 0.25) is 0 Å². The average Bonchev–Trinajstić information content (AvgIpc) is 2.29. The van der Waals surface area contributed by atoms with E-state index in [-0.39, 0.29) is 0 Å². The Morgan fingerprint density at radius 3 is 2.87 bits per heavy atom. The normalized spacial score (nSPS) is 9.67. The van der Waals surface area contributed by atoms with Gasteiger partial charge in [0, 0.05) is 6.54 Å². The number of nitriles is 1. The number of nitrogens with zero attached hydrogens (tertiary/aromatic N) is 1. The third-order valence-electron chi connectivity index (χ3n) is 1.92. The minimum Gasteiger partial charge on any atom is -0.495 e. The molecular formula is C11H14N2O2. The fraction of sp³-hybridized carbons (Fsp3) is 0.364. The maximum absolute atomic E-state index is 8.85. The molecule has 0 saturated heterocycles. The first-order valence-electron chi connectivity index (χ1n) is 4.66. The van der Waals surface area contributed by atoms with Crippen molar-refractivity contribution in [2.45, 2.75) is 6.61 Å². The van der Waals surface area contributed by atoms with Crippen LogP contribution in [0.3, 0.4) is 0 Å². The second-order valence-corrected chi connectivity index (χ2v) is 2.99. The summed E-state index contributed by atoms with van der Waals surface area (Å²) in [6.45, 7) is 1.49. The first-order chi connectivity index (χ1) is 7.31. The Bertz CT molecular complexity index is 358. The number of hydrogen-bond donors (Lipinski definition) is 1. The van der Waals surface area contributed by atoms with Gasteiger partial charge in [0.25, 0.3) is 0 Å². The monoisotopic (exact) mass is 206 g/mol. The highest BCUT2D eigenvalue weighted by atomic mass is 16.5. The van der Waals surface area contributed by atoms with E-state index in [4.69, 9.17) is 20.5 Å². The Balaban J connectivity index is 2.71. The van der Waals surface area contributed by atoms with E-state index in [1.165, 1.54) is 0 Å². The lowest BCUT2D eigenvalue weighted by atomic mass is 10.1. The standard InChI is InChI=1S/C11H14N2O2/c1-14-11-3-2-9(6-10(11)7-13)8-15-5-4-12/h2-3,6H,4-5,8,12H2,1H3. The summed E-state index contributed by atoms with van der Waals surface area (Å²) in [6, 6.07) is 7.47. The van der Waals surface area contributed by atoms with E-state index in [0.717, 1.165) is 5.56 Å². The molecule has 2 N–H and O–H groups in total. The van der Waals surface area contributed by atoms with Crippen LogP contribution in [0.5, 0.6) is 5.75 Å². The minimum atomic E-state index is 0.468. The molecule has 0 unspecified atom stereocenters. The molecule has 0 aliphatic carbocycles. The Kier molecular flexibility index (Phi) is 4.61. The third kappa shape index (κ3) is 3.24. The molecule has 0 bridgehead atoms. The van der Waals surface area contributed by atoms with Crippen LogP contribution in [0.15, 0.2) is 18.2 Å². The summed E-state index contributed by atoms with van der Waals surface area (Å²) in [5.74, 6) is 0.583. The molecule has 4 nitrogen and oxygen atoms in total. The van der Waals surface area contributed by atoms with Crippen molar-refractivity contribution in [2.24, 2.45) is 5.73 Å². The van der Waals surface area contributed by atoms with Crippen LogP contribution in [0.1, 0.15) is 11.1 Å². The van der Waals surface area contributed by atoms with Gasteiger partial charge in [0.15, 0.2) is 0 Å². The van der Waals surface area contributed by atoms with E-state index >= 15 is 0 Å². The molecule has 0 saturated carbocycles. The summed E-state index contributed by atoms with van der Waals surface area (Å²) in [4.78, 5) is 0. The molecule has 0 amide bonds. The highest BCUT2D eigenvalue weighted by molar-refractivity contribution is 5.45. The molecule has 0 radical (unpaired) electrons. The Labute approximate surface area is 89.2 Å². The molecular weight excluding hydrogens is 192 g/mol. The fourth-order valence-electron chi connectivity index (χ4n) is 1.21. The topological polar surface area (TPSA) is 68.3 Å². The summed E-state index contributed by atoms with van der Waals surface area (Å²) in [5.41, 5.74) is 6.76. The fourth-order valence-corrected chi connectivity index (χ4v) is 1.21. The molecule has 1 aromatic rings. The number of hydrogen-bond acceptors (Lipinski definition) is 4. The molecule has 80 valence electrons. The van der Waals surface area contributed by atoms with Gasteiger partial charge in [-0.25, -0.2) is 0 Å². The number of methoxy groups -OCH3 is 1. The van der Waals surface area contributed by atoms with Crippen molar-refractivity contribution in [1.82, 2.24) is 0 Å². The van der Waals surface area contributed by atoms with Crippen LogP contribution in [-0.4, -0.2) is 20.3 Å². The third-order valence-corrected chi connectivity index (χ3v) is 1.92. The number of ether oxygens (including phenoxy) is 2. The number of rotatable bonds is 5. The quantitative estimate of drug-likeness (QED) is 0.731. The van der Waals surface area contributed by atoms with Gasteiger partial charge in [-0.05, 0) is 17.7 Å². The summed E-state index contributed by atoms with van der Waals surface area (Å²) in [5, 5.41) is 8.85. The molecule has 0 spiro atoms. The average molecular weight is 206 g/mol. The lowest BCUT2D eigenvalue weighted by Gasteiger charge is -2.06. The van der Waals surface area contributed by atoms with E-state index in [1.807, 2.05) is 6.07 Å². The molecule has 1 aromatic carbocycles.